The minimum Gasteiger partial charge on any atom is -0.352 e. The monoisotopic (exact) mass is 325 g/mol. The second-order valence-corrected chi connectivity index (χ2v) is 5.89. The lowest BCUT2D eigenvalue weighted by Gasteiger charge is -2.26. The van der Waals surface area contributed by atoms with E-state index in [9.17, 15) is 4.79 Å². The lowest BCUT2D eigenvalue weighted by atomic mass is 9.95. The molecule has 5 heteroatoms. The number of halogens is 1. The molecule has 1 aromatic rings. The Bertz CT molecular complexity index is 421. The van der Waals surface area contributed by atoms with Crippen LogP contribution in [0.2, 0.25) is 0 Å². The van der Waals surface area contributed by atoms with Gasteiger partial charge in [0.05, 0.1) is 6.54 Å². The van der Waals surface area contributed by atoms with E-state index in [2.05, 4.69) is 22.3 Å². The van der Waals surface area contributed by atoms with Crippen LogP contribution in [0.4, 0.5) is 0 Å². The molecule has 0 aliphatic heterocycles. The number of nitrogens with zero attached hydrogens (tertiary/aromatic N) is 1. The molecule has 1 aliphatic rings. The summed E-state index contributed by atoms with van der Waals surface area (Å²) in [6, 6.07) is 10.6. The van der Waals surface area contributed by atoms with E-state index in [1.807, 2.05) is 18.2 Å². The Balaban J connectivity index is 0.00000242. The number of rotatable bonds is 7. The van der Waals surface area contributed by atoms with E-state index in [-0.39, 0.29) is 18.3 Å². The van der Waals surface area contributed by atoms with Crippen LogP contribution in [0.25, 0.3) is 0 Å². The van der Waals surface area contributed by atoms with Crippen molar-refractivity contribution >= 4 is 18.3 Å². The summed E-state index contributed by atoms with van der Waals surface area (Å²) in [5.41, 5.74) is 6.89. The van der Waals surface area contributed by atoms with Crippen molar-refractivity contribution in [2.24, 2.45) is 5.73 Å². The van der Waals surface area contributed by atoms with Crippen LogP contribution in [-0.4, -0.2) is 36.5 Å². The summed E-state index contributed by atoms with van der Waals surface area (Å²) < 4.78 is 0. The summed E-state index contributed by atoms with van der Waals surface area (Å²) in [4.78, 5) is 14.3. The average Bonchev–Trinajstić information content (AvgIpc) is 2.49. The Morgan fingerprint density at radius 2 is 1.86 bits per heavy atom. The number of nitrogens with two attached hydrogens (primary N) is 1. The number of carbonyl (C=O) groups is 1. The van der Waals surface area contributed by atoms with E-state index >= 15 is 0 Å². The number of hydrogen-bond acceptors (Lipinski definition) is 3. The maximum atomic E-state index is 12.2. The van der Waals surface area contributed by atoms with Crippen molar-refractivity contribution < 1.29 is 4.79 Å². The molecule has 3 N–H and O–H groups in total. The predicted molar refractivity (Wildman–Crippen MR) is 93.0 cm³/mol. The smallest absolute Gasteiger partial charge is 0.234 e. The average molecular weight is 326 g/mol. The second kappa shape index (κ2) is 10.6. The summed E-state index contributed by atoms with van der Waals surface area (Å²) in [5, 5.41) is 3.17. The number of benzene rings is 1. The van der Waals surface area contributed by atoms with E-state index in [0.29, 0.717) is 19.1 Å². The molecular weight excluding hydrogens is 298 g/mol. The third kappa shape index (κ3) is 6.77. The predicted octanol–water partition coefficient (Wildman–Crippen LogP) is 2.32. The Labute approximate surface area is 139 Å². The number of amides is 1. The fourth-order valence-electron chi connectivity index (χ4n) is 2.96. The van der Waals surface area contributed by atoms with E-state index in [0.717, 1.165) is 25.9 Å². The fraction of sp³-hybridized carbons (Fsp3) is 0.588. The standard InChI is InChI=1S/C17H27N3O.ClH/c18-11-12-20(13-15-7-3-1-4-8-15)14-17(21)19-16-9-5-2-6-10-16;/h1,3-4,7-8,16H,2,5-6,9-14,18H2,(H,19,21);1H. The number of carbonyl (C=O) groups excluding carboxylic acids is 1. The third-order valence-corrected chi connectivity index (χ3v) is 4.03. The van der Waals surface area contributed by atoms with E-state index in [4.69, 9.17) is 5.73 Å². The van der Waals surface area contributed by atoms with Crippen molar-refractivity contribution in [3.8, 4) is 0 Å². The van der Waals surface area contributed by atoms with Crippen LogP contribution >= 0.6 is 12.4 Å². The molecule has 0 bridgehead atoms. The molecule has 1 fully saturated rings. The minimum absolute atomic E-state index is 0. The van der Waals surface area contributed by atoms with Crippen LogP contribution in [0.15, 0.2) is 30.3 Å². The summed E-state index contributed by atoms with van der Waals surface area (Å²) in [6.45, 7) is 2.52. The van der Waals surface area contributed by atoms with Gasteiger partial charge in [0.1, 0.15) is 0 Å². The quantitative estimate of drug-likeness (QED) is 0.809. The first-order chi connectivity index (χ1) is 10.3. The Morgan fingerprint density at radius 1 is 1.18 bits per heavy atom. The Kier molecular flexibility index (Phi) is 9.13. The molecule has 1 aliphatic carbocycles. The molecular formula is C17H28ClN3O. The Morgan fingerprint density at radius 3 is 2.50 bits per heavy atom. The van der Waals surface area contributed by atoms with Gasteiger partial charge in [-0.15, -0.1) is 12.4 Å². The van der Waals surface area contributed by atoms with Crippen LogP contribution in [-0.2, 0) is 11.3 Å². The molecule has 2 rings (SSSR count). The summed E-state index contributed by atoms with van der Waals surface area (Å²) in [5.74, 6) is 0.131. The zero-order valence-corrected chi connectivity index (χ0v) is 14.0. The van der Waals surface area contributed by atoms with Gasteiger partial charge >= 0.3 is 0 Å². The molecule has 0 aromatic heterocycles. The van der Waals surface area contributed by atoms with Crippen molar-refractivity contribution in [1.82, 2.24) is 10.2 Å². The molecule has 4 nitrogen and oxygen atoms in total. The maximum Gasteiger partial charge on any atom is 0.234 e. The third-order valence-electron chi connectivity index (χ3n) is 4.03. The highest BCUT2D eigenvalue weighted by Gasteiger charge is 2.17. The molecule has 0 unspecified atom stereocenters. The summed E-state index contributed by atoms with van der Waals surface area (Å²) >= 11 is 0. The van der Waals surface area contributed by atoms with Gasteiger partial charge in [-0.1, -0.05) is 49.6 Å². The van der Waals surface area contributed by atoms with Crippen molar-refractivity contribution in [1.29, 1.82) is 0 Å². The first kappa shape index (κ1) is 18.9. The molecule has 124 valence electrons. The molecule has 1 aromatic carbocycles. The topological polar surface area (TPSA) is 58.4 Å². The molecule has 1 saturated carbocycles. The Hall–Kier alpha value is -1.10. The summed E-state index contributed by atoms with van der Waals surface area (Å²) in [6.07, 6.45) is 6.03. The van der Waals surface area contributed by atoms with Crippen molar-refractivity contribution in [2.45, 2.75) is 44.7 Å². The first-order valence-corrected chi connectivity index (χ1v) is 8.03. The maximum absolute atomic E-state index is 12.2. The van der Waals surface area contributed by atoms with Crippen molar-refractivity contribution in [3.63, 3.8) is 0 Å². The van der Waals surface area contributed by atoms with E-state index in [1.165, 1.54) is 24.8 Å². The number of hydrogen-bond donors (Lipinski definition) is 2. The van der Waals surface area contributed by atoms with Gasteiger partial charge in [-0.05, 0) is 18.4 Å². The van der Waals surface area contributed by atoms with Gasteiger partial charge in [0.2, 0.25) is 5.91 Å². The van der Waals surface area contributed by atoms with Crippen LogP contribution in [0.1, 0.15) is 37.7 Å². The largest absolute Gasteiger partial charge is 0.352 e. The molecule has 0 atom stereocenters. The van der Waals surface area contributed by atoms with Crippen LogP contribution < -0.4 is 11.1 Å². The summed E-state index contributed by atoms with van der Waals surface area (Å²) in [7, 11) is 0. The normalized spacial score (nSPS) is 15.4. The van der Waals surface area contributed by atoms with Crippen molar-refractivity contribution in [2.75, 3.05) is 19.6 Å². The van der Waals surface area contributed by atoms with Gasteiger partial charge in [0, 0.05) is 25.7 Å². The van der Waals surface area contributed by atoms with Gasteiger partial charge in [0.15, 0.2) is 0 Å². The molecule has 0 spiro atoms. The van der Waals surface area contributed by atoms with Crippen LogP contribution in [0, 0.1) is 0 Å². The minimum atomic E-state index is 0. The lowest BCUT2D eigenvalue weighted by Crippen LogP contribution is -2.43. The lowest BCUT2D eigenvalue weighted by molar-refractivity contribution is -0.123. The number of nitrogens with one attached hydrogen (secondary N) is 1. The molecule has 1 amide bonds. The van der Waals surface area contributed by atoms with Crippen LogP contribution in [0.5, 0.6) is 0 Å². The molecule has 0 heterocycles. The van der Waals surface area contributed by atoms with Gasteiger partial charge in [-0.3, -0.25) is 9.69 Å². The molecule has 0 radical (unpaired) electrons. The van der Waals surface area contributed by atoms with Gasteiger partial charge < -0.3 is 11.1 Å². The van der Waals surface area contributed by atoms with Crippen LogP contribution in [0.3, 0.4) is 0 Å². The molecule has 22 heavy (non-hydrogen) atoms. The highest BCUT2D eigenvalue weighted by atomic mass is 35.5. The highest BCUT2D eigenvalue weighted by Crippen LogP contribution is 2.17. The van der Waals surface area contributed by atoms with E-state index in [1.54, 1.807) is 0 Å². The zero-order chi connectivity index (χ0) is 14.9. The SMILES string of the molecule is Cl.NCCN(CC(=O)NC1CCCCC1)Cc1ccccc1. The fourth-order valence-corrected chi connectivity index (χ4v) is 2.96. The van der Waals surface area contributed by atoms with Crippen molar-refractivity contribution in [3.05, 3.63) is 35.9 Å². The second-order valence-electron chi connectivity index (χ2n) is 5.89. The van der Waals surface area contributed by atoms with Gasteiger partial charge in [-0.25, -0.2) is 0 Å². The first-order valence-electron chi connectivity index (χ1n) is 8.03. The molecule has 0 saturated heterocycles. The highest BCUT2D eigenvalue weighted by molar-refractivity contribution is 5.85. The van der Waals surface area contributed by atoms with E-state index < -0.39 is 0 Å². The van der Waals surface area contributed by atoms with Gasteiger partial charge in [0.25, 0.3) is 0 Å². The van der Waals surface area contributed by atoms with Gasteiger partial charge in [-0.2, -0.15) is 0 Å². The zero-order valence-electron chi connectivity index (χ0n) is 13.2.